The van der Waals surface area contributed by atoms with Crippen molar-refractivity contribution in [3.63, 3.8) is 0 Å². The second-order valence-corrected chi connectivity index (χ2v) is 7.90. The van der Waals surface area contributed by atoms with Gasteiger partial charge in [0.25, 0.3) is 5.91 Å². The average molecular weight is 448 g/mol. The highest BCUT2D eigenvalue weighted by molar-refractivity contribution is 6.04. The maximum atomic E-state index is 13.2. The van der Waals surface area contributed by atoms with Gasteiger partial charge in [0, 0.05) is 0 Å². The number of ether oxygens (including phenoxy) is 1. The molecule has 0 saturated carbocycles. The first-order valence-corrected chi connectivity index (χ1v) is 10.6. The van der Waals surface area contributed by atoms with Crippen LogP contribution < -0.4 is 10.1 Å². The number of aryl methyl sites for hydroxylation is 3. The van der Waals surface area contributed by atoms with Gasteiger partial charge in [0.1, 0.15) is 23.9 Å². The molecule has 1 amide bonds. The molecule has 7 nitrogen and oxygen atoms in total. The third-order valence-corrected chi connectivity index (χ3v) is 5.53. The molecular weight excluding hydrogens is 423 g/mol. The SMILES string of the molecule is Cc1ccccc1OCc1c(C(=O)Nc2c(C)nn(Cc3ccc(F)cc3)c2C)noc1C. The lowest BCUT2D eigenvalue weighted by molar-refractivity contribution is 0.101. The zero-order valence-corrected chi connectivity index (χ0v) is 19.0. The summed E-state index contributed by atoms with van der Waals surface area (Å²) < 4.78 is 26.2. The van der Waals surface area contributed by atoms with Gasteiger partial charge in [-0.1, -0.05) is 35.5 Å². The van der Waals surface area contributed by atoms with E-state index in [9.17, 15) is 9.18 Å². The van der Waals surface area contributed by atoms with Gasteiger partial charge in [-0.05, 0) is 57.0 Å². The van der Waals surface area contributed by atoms with Crippen molar-refractivity contribution in [2.24, 2.45) is 0 Å². The number of nitrogens with one attached hydrogen (secondary N) is 1. The molecule has 0 fully saturated rings. The molecule has 0 atom stereocenters. The molecule has 0 aliphatic carbocycles. The minimum Gasteiger partial charge on any atom is -0.488 e. The molecule has 2 aromatic carbocycles. The Labute approximate surface area is 191 Å². The monoisotopic (exact) mass is 448 g/mol. The number of aromatic nitrogens is 3. The number of nitrogens with zero attached hydrogens (tertiary/aromatic N) is 3. The second-order valence-electron chi connectivity index (χ2n) is 7.90. The minimum atomic E-state index is -0.400. The summed E-state index contributed by atoms with van der Waals surface area (Å²) in [6, 6.07) is 13.9. The highest BCUT2D eigenvalue weighted by Gasteiger charge is 2.23. The van der Waals surface area contributed by atoms with E-state index in [4.69, 9.17) is 9.26 Å². The van der Waals surface area contributed by atoms with Gasteiger partial charge in [0.05, 0.1) is 29.2 Å². The minimum absolute atomic E-state index is 0.157. The summed E-state index contributed by atoms with van der Waals surface area (Å²) in [5, 5.41) is 11.4. The highest BCUT2D eigenvalue weighted by Crippen LogP contribution is 2.24. The molecular formula is C25H25FN4O3. The molecule has 0 saturated heterocycles. The van der Waals surface area contributed by atoms with Crippen LogP contribution in [0.4, 0.5) is 10.1 Å². The van der Waals surface area contributed by atoms with Crippen LogP contribution in [0.1, 0.15) is 44.3 Å². The lowest BCUT2D eigenvalue weighted by Gasteiger charge is -2.10. The van der Waals surface area contributed by atoms with Gasteiger partial charge in [0.15, 0.2) is 5.69 Å². The molecule has 0 unspecified atom stereocenters. The Hall–Kier alpha value is -3.94. The summed E-state index contributed by atoms with van der Waals surface area (Å²) in [7, 11) is 0. The molecule has 2 aromatic heterocycles. The van der Waals surface area contributed by atoms with E-state index in [1.165, 1.54) is 12.1 Å². The molecule has 4 aromatic rings. The molecule has 0 spiro atoms. The Morgan fingerprint density at radius 1 is 1.09 bits per heavy atom. The van der Waals surface area contributed by atoms with Gasteiger partial charge in [-0.15, -0.1) is 0 Å². The van der Waals surface area contributed by atoms with Crippen LogP contribution in [-0.2, 0) is 13.2 Å². The second kappa shape index (κ2) is 9.28. The van der Waals surface area contributed by atoms with Gasteiger partial charge in [0.2, 0.25) is 0 Å². The number of hydrogen-bond donors (Lipinski definition) is 1. The zero-order valence-electron chi connectivity index (χ0n) is 19.0. The third kappa shape index (κ3) is 4.79. The Balaban J connectivity index is 1.51. The predicted molar refractivity (Wildman–Crippen MR) is 122 cm³/mol. The summed E-state index contributed by atoms with van der Waals surface area (Å²) in [5.41, 5.74) is 4.72. The van der Waals surface area contributed by atoms with Crippen LogP contribution in [0.5, 0.6) is 5.75 Å². The lowest BCUT2D eigenvalue weighted by atomic mass is 10.2. The molecule has 1 N–H and O–H groups in total. The smallest absolute Gasteiger partial charge is 0.278 e. The first-order chi connectivity index (χ1) is 15.8. The maximum absolute atomic E-state index is 13.2. The molecule has 2 heterocycles. The van der Waals surface area contributed by atoms with E-state index >= 15 is 0 Å². The number of para-hydroxylation sites is 1. The summed E-state index contributed by atoms with van der Waals surface area (Å²) in [6.07, 6.45) is 0. The molecule has 8 heteroatoms. The van der Waals surface area contributed by atoms with Crippen LogP contribution in [0.3, 0.4) is 0 Å². The number of benzene rings is 2. The molecule has 170 valence electrons. The number of carbonyl (C=O) groups excluding carboxylic acids is 1. The van der Waals surface area contributed by atoms with Crippen molar-refractivity contribution >= 4 is 11.6 Å². The zero-order chi connectivity index (χ0) is 23.5. The number of halogens is 1. The van der Waals surface area contributed by atoms with Crippen LogP contribution in [0.25, 0.3) is 0 Å². The average Bonchev–Trinajstić information content (AvgIpc) is 3.29. The van der Waals surface area contributed by atoms with Crippen molar-refractivity contribution in [2.45, 2.75) is 40.8 Å². The number of rotatable bonds is 7. The maximum Gasteiger partial charge on any atom is 0.278 e. The first-order valence-electron chi connectivity index (χ1n) is 10.6. The fourth-order valence-electron chi connectivity index (χ4n) is 3.58. The van der Waals surface area contributed by atoms with Crippen molar-refractivity contribution in [2.75, 3.05) is 5.32 Å². The van der Waals surface area contributed by atoms with E-state index < -0.39 is 5.91 Å². The van der Waals surface area contributed by atoms with Crippen LogP contribution in [0.2, 0.25) is 0 Å². The normalized spacial score (nSPS) is 10.9. The lowest BCUT2D eigenvalue weighted by Crippen LogP contribution is -2.16. The van der Waals surface area contributed by atoms with E-state index in [1.54, 1.807) is 23.7 Å². The fraction of sp³-hybridized carbons (Fsp3) is 0.240. The predicted octanol–water partition coefficient (Wildman–Crippen LogP) is 5.12. The molecule has 0 aliphatic rings. The van der Waals surface area contributed by atoms with Gasteiger partial charge < -0.3 is 14.6 Å². The largest absolute Gasteiger partial charge is 0.488 e. The van der Waals surface area contributed by atoms with Gasteiger partial charge in [-0.25, -0.2) is 4.39 Å². The summed E-state index contributed by atoms with van der Waals surface area (Å²) >= 11 is 0. The summed E-state index contributed by atoms with van der Waals surface area (Å²) in [6.45, 7) is 8.01. The fourth-order valence-corrected chi connectivity index (χ4v) is 3.58. The van der Waals surface area contributed by atoms with Crippen molar-refractivity contribution < 1.29 is 18.4 Å². The van der Waals surface area contributed by atoms with Crippen molar-refractivity contribution in [1.82, 2.24) is 14.9 Å². The Morgan fingerprint density at radius 2 is 1.82 bits per heavy atom. The van der Waals surface area contributed by atoms with Gasteiger partial charge in [-0.3, -0.25) is 9.48 Å². The Bertz CT molecular complexity index is 1290. The van der Waals surface area contributed by atoms with Crippen molar-refractivity contribution in [1.29, 1.82) is 0 Å². The van der Waals surface area contributed by atoms with E-state index in [0.29, 0.717) is 29.2 Å². The third-order valence-electron chi connectivity index (χ3n) is 5.53. The number of hydrogen-bond acceptors (Lipinski definition) is 5. The van der Waals surface area contributed by atoms with Crippen molar-refractivity contribution in [3.8, 4) is 5.75 Å². The topological polar surface area (TPSA) is 82.2 Å². The van der Waals surface area contributed by atoms with Gasteiger partial charge in [-0.2, -0.15) is 5.10 Å². The number of carbonyl (C=O) groups is 1. The molecule has 0 radical (unpaired) electrons. The Kier molecular flexibility index (Phi) is 6.26. The summed E-state index contributed by atoms with van der Waals surface area (Å²) in [4.78, 5) is 13.1. The number of anilines is 1. The Morgan fingerprint density at radius 3 is 2.55 bits per heavy atom. The van der Waals surface area contributed by atoms with E-state index in [-0.39, 0.29) is 18.1 Å². The highest BCUT2D eigenvalue weighted by atomic mass is 19.1. The molecule has 0 aliphatic heterocycles. The first kappa shape index (κ1) is 22.3. The molecule has 4 rings (SSSR count). The van der Waals surface area contributed by atoms with Crippen LogP contribution in [0, 0.1) is 33.5 Å². The molecule has 0 bridgehead atoms. The quantitative estimate of drug-likeness (QED) is 0.424. The van der Waals surface area contributed by atoms with Gasteiger partial charge >= 0.3 is 0 Å². The van der Waals surface area contributed by atoms with Crippen molar-refractivity contribution in [3.05, 3.63) is 93.9 Å². The number of amides is 1. The molecule has 33 heavy (non-hydrogen) atoms. The van der Waals surface area contributed by atoms with Crippen LogP contribution in [0.15, 0.2) is 53.1 Å². The van der Waals surface area contributed by atoms with Crippen LogP contribution >= 0.6 is 0 Å². The van der Waals surface area contributed by atoms with Crippen LogP contribution in [-0.4, -0.2) is 20.8 Å². The van der Waals surface area contributed by atoms with E-state index in [2.05, 4.69) is 15.6 Å². The van der Waals surface area contributed by atoms with E-state index in [1.807, 2.05) is 45.0 Å². The standard InChI is InChI=1S/C25H25FN4O3/c1-15-7-5-6-8-22(15)32-14-21-18(4)33-29-24(21)25(31)27-23-16(2)28-30(17(23)3)13-19-9-11-20(26)12-10-19/h5-12H,13-14H2,1-4H3,(H,27,31). The summed E-state index contributed by atoms with van der Waals surface area (Å²) in [5.74, 6) is 0.570. The van der Waals surface area contributed by atoms with E-state index in [0.717, 1.165) is 22.6 Å².